The number of carbonyl (C=O) groups excluding carboxylic acids is 4. The Hall–Kier alpha value is -5.58. The highest BCUT2D eigenvalue weighted by Crippen LogP contribution is 2.45. The van der Waals surface area contributed by atoms with Crippen molar-refractivity contribution in [2.45, 2.75) is 303 Å². The van der Waals surface area contributed by atoms with Crippen molar-refractivity contribution in [3.05, 3.63) is 170 Å². The number of phosphoric ester groups is 2. The minimum Gasteiger partial charge on any atom is -0.462 e. The number of aliphatic hydroxyl groups is 1. The van der Waals surface area contributed by atoms with Crippen LogP contribution in [0.1, 0.15) is 285 Å². The van der Waals surface area contributed by atoms with E-state index in [1.165, 1.54) is 12.8 Å². The van der Waals surface area contributed by atoms with Crippen molar-refractivity contribution in [2.24, 2.45) is 0 Å². The van der Waals surface area contributed by atoms with Crippen LogP contribution in [0.15, 0.2) is 170 Å². The maximum absolute atomic E-state index is 13.1. The van der Waals surface area contributed by atoms with Crippen molar-refractivity contribution in [2.75, 3.05) is 39.6 Å². The van der Waals surface area contributed by atoms with E-state index in [0.717, 1.165) is 193 Å². The molecule has 0 bridgehead atoms. The van der Waals surface area contributed by atoms with Gasteiger partial charge in [0.2, 0.25) is 0 Å². The summed E-state index contributed by atoms with van der Waals surface area (Å²) in [5, 5.41) is 10.6. The van der Waals surface area contributed by atoms with Gasteiger partial charge in [-0.2, -0.15) is 0 Å². The van der Waals surface area contributed by atoms with E-state index < -0.39 is 97.5 Å². The monoisotopic (exact) mass is 1490 g/mol. The van der Waals surface area contributed by atoms with Gasteiger partial charge in [-0.3, -0.25) is 37.3 Å². The third-order valence-corrected chi connectivity index (χ3v) is 17.6. The third-order valence-electron chi connectivity index (χ3n) is 15.7. The molecule has 0 aliphatic carbocycles. The molecule has 590 valence electrons. The molecule has 104 heavy (non-hydrogen) atoms. The zero-order valence-electron chi connectivity index (χ0n) is 64.4. The number of allylic oxidation sites excluding steroid dienone is 28. The van der Waals surface area contributed by atoms with Crippen molar-refractivity contribution in [1.82, 2.24) is 0 Å². The molecule has 0 aromatic heterocycles. The fourth-order valence-corrected chi connectivity index (χ4v) is 11.3. The topological polar surface area (TPSA) is 237 Å². The average molecular weight is 1490 g/mol. The summed E-state index contributed by atoms with van der Waals surface area (Å²) in [7, 11) is -9.99. The lowest BCUT2D eigenvalue weighted by molar-refractivity contribution is -0.161. The van der Waals surface area contributed by atoms with Gasteiger partial charge in [0.25, 0.3) is 0 Å². The van der Waals surface area contributed by atoms with E-state index in [9.17, 15) is 43.2 Å². The number of esters is 4. The maximum atomic E-state index is 13.1. The highest BCUT2D eigenvalue weighted by atomic mass is 31.2. The molecule has 19 heteroatoms. The van der Waals surface area contributed by atoms with E-state index >= 15 is 0 Å². The standard InChI is InChI=1S/C85H138O17P2/c1-5-9-13-17-21-25-29-32-35-37-39-41-44-47-51-54-58-62-66-70-83(88)96-76-81(102-85(90)72-68-64-60-56-52-48-45-42-40-38-36-33-30-26-22-18-14-10-6-2)78-100-104(93,94)98-74-79(86)73-97-103(91,92)99-77-80(101-84(89)71-67-63-59-55-49-28-24-20-16-12-8-4)75-95-82(87)69-65-61-57-53-50-46-43-34-31-27-23-19-15-11-7-3/h9-11,13-15,20-27,32-36,39-43,47-48,51-52,79-81,86H,5-8,12,16-19,28-31,37-38,44-46,49-50,53-78H2,1-4H3,(H,91,92)(H,93,94)/b13-9-,14-10-,15-11-,24-20-,25-21-,26-22-,27-23-,35-32-,36-33-,41-39-,42-40-,43-34-,51-47-,52-48-. The number of rotatable bonds is 72. The first-order valence-electron chi connectivity index (χ1n) is 39.4. The van der Waals surface area contributed by atoms with E-state index in [4.69, 9.17) is 37.0 Å². The van der Waals surface area contributed by atoms with Crippen LogP contribution in [0.2, 0.25) is 0 Å². The van der Waals surface area contributed by atoms with E-state index in [0.29, 0.717) is 25.7 Å². The van der Waals surface area contributed by atoms with Gasteiger partial charge in [-0.1, -0.05) is 262 Å². The Balaban J connectivity index is 5.44. The zero-order chi connectivity index (χ0) is 76.0. The summed E-state index contributed by atoms with van der Waals surface area (Å²) in [5.41, 5.74) is 0. The van der Waals surface area contributed by atoms with Crippen LogP contribution >= 0.6 is 15.6 Å². The number of ether oxygens (including phenoxy) is 4. The number of hydrogen-bond acceptors (Lipinski definition) is 15. The predicted molar refractivity (Wildman–Crippen MR) is 426 cm³/mol. The summed E-state index contributed by atoms with van der Waals surface area (Å²) in [4.78, 5) is 73.0. The van der Waals surface area contributed by atoms with Gasteiger partial charge in [0.15, 0.2) is 12.2 Å². The molecular weight excluding hydrogens is 1350 g/mol. The molecule has 0 aliphatic rings. The molecule has 0 spiro atoms. The van der Waals surface area contributed by atoms with Gasteiger partial charge in [-0.25, -0.2) is 9.13 Å². The molecule has 0 heterocycles. The van der Waals surface area contributed by atoms with Crippen molar-refractivity contribution < 1.29 is 80.2 Å². The summed E-state index contributed by atoms with van der Waals surface area (Å²) in [6, 6.07) is 0. The van der Waals surface area contributed by atoms with Crippen LogP contribution in [0.25, 0.3) is 0 Å². The van der Waals surface area contributed by atoms with Gasteiger partial charge in [-0.05, 0) is 167 Å². The first kappa shape index (κ1) is 98.4. The highest BCUT2D eigenvalue weighted by Gasteiger charge is 2.30. The summed E-state index contributed by atoms with van der Waals surface area (Å²) < 4.78 is 68.5. The largest absolute Gasteiger partial charge is 0.472 e. The number of hydrogen-bond donors (Lipinski definition) is 3. The third kappa shape index (κ3) is 74.7. The lowest BCUT2D eigenvalue weighted by Crippen LogP contribution is -2.30. The van der Waals surface area contributed by atoms with E-state index in [2.05, 4.69) is 198 Å². The Labute approximate surface area is 629 Å². The van der Waals surface area contributed by atoms with Crippen LogP contribution in [-0.4, -0.2) is 96.7 Å². The number of aliphatic hydroxyl groups excluding tert-OH is 1. The zero-order valence-corrected chi connectivity index (χ0v) is 66.2. The van der Waals surface area contributed by atoms with Gasteiger partial charge in [0.05, 0.1) is 26.4 Å². The van der Waals surface area contributed by atoms with Crippen LogP contribution in [0.5, 0.6) is 0 Å². The number of unbranched alkanes of at least 4 members (excludes halogenated alkanes) is 18. The van der Waals surface area contributed by atoms with Crippen LogP contribution in [0.3, 0.4) is 0 Å². The average Bonchev–Trinajstić information content (AvgIpc) is 0.928. The molecule has 0 aliphatic heterocycles. The quantitative estimate of drug-likeness (QED) is 0.0169. The fraction of sp³-hybridized carbons (Fsp3) is 0.624. The summed E-state index contributed by atoms with van der Waals surface area (Å²) in [5.74, 6) is -2.29. The van der Waals surface area contributed by atoms with E-state index in [1.807, 2.05) is 0 Å². The Morgan fingerprint density at radius 3 is 0.788 bits per heavy atom. The van der Waals surface area contributed by atoms with Crippen LogP contribution in [0.4, 0.5) is 0 Å². The Morgan fingerprint density at radius 1 is 0.279 bits per heavy atom. The van der Waals surface area contributed by atoms with Gasteiger partial charge >= 0.3 is 39.5 Å². The molecule has 5 atom stereocenters. The Bertz CT molecular complexity index is 2640. The summed E-state index contributed by atoms with van der Waals surface area (Å²) in [6.07, 6.45) is 89.1. The normalized spacial score (nSPS) is 14.8. The number of carbonyl (C=O) groups is 4. The van der Waals surface area contributed by atoms with Gasteiger partial charge < -0.3 is 33.8 Å². The van der Waals surface area contributed by atoms with Gasteiger partial charge in [0, 0.05) is 25.7 Å². The second-order valence-electron chi connectivity index (χ2n) is 25.5. The van der Waals surface area contributed by atoms with Crippen molar-refractivity contribution in [1.29, 1.82) is 0 Å². The molecule has 0 amide bonds. The second-order valence-corrected chi connectivity index (χ2v) is 28.4. The lowest BCUT2D eigenvalue weighted by Gasteiger charge is -2.21. The van der Waals surface area contributed by atoms with Crippen LogP contribution in [0, 0.1) is 0 Å². The molecule has 0 rings (SSSR count). The Kier molecular flexibility index (Phi) is 71.6. The molecule has 0 aromatic carbocycles. The predicted octanol–water partition coefficient (Wildman–Crippen LogP) is 23.0. The minimum atomic E-state index is -5.00. The van der Waals surface area contributed by atoms with Crippen molar-refractivity contribution in [3.63, 3.8) is 0 Å². The first-order valence-corrected chi connectivity index (χ1v) is 42.4. The molecule has 0 aromatic rings. The summed E-state index contributed by atoms with van der Waals surface area (Å²) >= 11 is 0. The highest BCUT2D eigenvalue weighted by molar-refractivity contribution is 7.47. The second kappa shape index (κ2) is 75.6. The lowest BCUT2D eigenvalue weighted by atomic mass is 10.1. The van der Waals surface area contributed by atoms with Gasteiger partial charge in [0.1, 0.15) is 19.3 Å². The van der Waals surface area contributed by atoms with Crippen LogP contribution < -0.4 is 0 Å². The van der Waals surface area contributed by atoms with E-state index in [1.54, 1.807) is 0 Å². The molecule has 0 saturated carbocycles. The SMILES string of the molecule is CC/C=C\C/C=C\C/C=C\C/C=C\C/C=C\CCCCCC(=O)OCC(COP(=O)(O)OCC(O)COP(=O)(O)OCC(COC(=O)CCCCCCC/C=C\C/C=C\C/C=C\CC)OC(=O)CCCCCCC/C=C\CCCC)OC(=O)CCCCC/C=C\C/C=C\C/C=C\C/C=C\C/C=C\CC. The first-order chi connectivity index (χ1) is 50.7. The number of phosphoric acid groups is 2. The fourth-order valence-electron chi connectivity index (χ4n) is 9.74. The Morgan fingerprint density at radius 2 is 0.500 bits per heavy atom. The van der Waals surface area contributed by atoms with Gasteiger partial charge in [-0.15, -0.1) is 0 Å². The van der Waals surface area contributed by atoms with E-state index in [-0.39, 0.29) is 25.7 Å². The van der Waals surface area contributed by atoms with Crippen molar-refractivity contribution in [3.8, 4) is 0 Å². The summed E-state index contributed by atoms with van der Waals surface area (Å²) in [6.45, 7) is 4.37. The van der Waals surface area contributed by atoms with Crippen LogP contribution in [-0.2, 0) is 65.4 Å². The molecule has 5 unspecified atom stereocenters. The molecule has 0 fully saturated rings. The molecule has 17 nitrogen and oxygen atoms in total. The van der Waals surface area contributed by atoms with Crippen molar-refractivity contribution >= 4 is 39.5 Å². The smallest absolute Gasteiger partial charge is 0.462 e. The molecule has 0 saturated heterocycles. The maximum Gasteiger partial charge on any atom is 0.472 e. The molecule has 3 N–H and O–H groups in total. The molecular formula is C85H138O17P2. The molecule has 0 radical (unpaired) electrons. The minimum absolute atomic E-state index is 0.0412.